The third-order valence-corrected chi connectivity index (χ3v) is 4.69. The van der Waals surface area contributed by atoms with Crippen molar-refractivity contribution < 1.29 is 0 Å². The Kier molecular flexibility index (Phi) is 8.65. The van der Waals surface area contributed by atoms with Crippen LogP contribution < -0.4 is 5.32 Å². The summed E-state index contributed by atoms with van der Waals surface area (Å²) in [5.41, 5.74) is 1.36. The second kappa shape index (κ2) is 9.68. The molecular weight excluding hydrogens is 303 g/mol. The van der Waals surface area contributed by atoms with Crippen molar-refractivity contribution in [3.05, 3.63) is 34.9 Å². The van der Waals surface area contributed by atoms with Gasteiger partial charge < -0.3 is 10.2 Å². The van der Waals surface area contributed by atoms with Crippen molar-refractivity contribution in [1.82, 2.24) is 10.2 Å². The predicted molar refractivity (Wildman–Crippen MR) is 94.8 cm³/mol. The molecule has 1 aliphatic rings. The molecule has 1 N–H and O–H groups in total. The summed E-state index contributed by atoms with van der Waals surface area (Å²) in [5.74, 6) is 1.47. The van der Waals surface area contributed by atoms with Crippen molar-refractivity contribution in [3.8, 4) is 0 Å². The van der Waals surface area contributed by atoms with E-state index in [2.05, 4.69) is 35.3 Å². The lowest BCUT2D eigenvalue weighted by molar-refractivity contribution is 0.172. The molecule has 1 heterocycles. The Labute approximate surface area is 140 Å². The number of hydrogen-bond acceptors (Lipinski definition) is 2. The molecule has 0 aliphatic carbocycles. The molecule has 120 valence electrons. The Morgan fingerprint density at radius 3 is 2.67 bits per heavy atom. The second-order valence-electron chi connectivity index (χ2n) is 6.09. The zero-order valence-corrected chi connectivity index (χ0v) is 14.7. The van der Waals surface area contributed by atoms with Gasteiger partial charge in [0, 0.05) is 11.6 Å². The van der Waals surface area contributed by atoms with Gasteiger partial charge in [0.1, 0.15) is 0 Å². The minimum Gasteiger partial charge on any atom is -0.320 e. The Bertz CT molecular complexity index is 404. The third-order valence-electron chi connectivity index (χ3n) is 4.46. The number of piperidine rings is 1. The maximum absolute atomic E-state index is 6.08. The number of benzene rings is 1. The topological polar surface area (TPSA) is 15.3 Å². The minimum absolute atomic E-state index is 0. The average Bonchev–Trinajstić information content (AvgIpc) is 2.46. The molecule has 0 spiro atoms. The number of hydrogen-bond donors (Lipinski definition) is 1. The largest absolute Gasteiger partial charge is 0.320 e. The Balaban J connectivity index is 0.00000220. The zero-order valence-electron chi connectivity index (χ0n) is 13.1. The van der Waals surface area contributed by atoms with Crippen molar-refractivity contribution in [2.45, 2.75) is 32.1 Å². The molecule has 1 unspecified atom stereocenters. The lowest BCUT2D eigenvalue weighted by Gasteiger charge is -2.33. The molecule has 1 aliphatic heterocycles. The number of nitrogens with one attached hydrogen (secondary N) is 1. The zero-order chi connectivity index (χ0) is 14.4. The van der Waals surface area contributed by atoms with Gasteiger partial charge in [-0.3, -0.25) is 0 Å². The van der Waals surface area contributed by atoms with E-state index in [1.807, 2.05) is 13.1 Å². The third kappa shape index (κ3) is 6.15. The first-order valence-electron chi connectivity index (χ1n) is 7.81. The van der Waals surface area contributed by atoms with Gasteiger partial charge in [-0.1, -0.05) is 30.7 Å². The lowest BCUT2D eigenvalue weighted by Crippen LogP contribution is -2.36. The van der Waals surface area contributed by atoms with E-state index in [0.29, 0.717) is 5.92 Å². The van der Waals surface area contributed by atoms with Crippen molar-refractivity contribution in [2.75, 3.05) is 33.2 Å². The van der Waals surface area contributed by atoms with Crippen LogP contribution in [0, 0.1) is 5.92 Å². The Morgan fingerprint density at radius 1 is 1.33 bits per heavy atom. The maximum Gasteiger partial charge on any atom is 0.0408 e. The van der Waals surface area contributed by atoms with Gasteiger partial charge in [-0.15, -0.1) is 12.4 Å². The van der Waals surface area contributed by atoms with Crippen LogP contribution in [0.1, 0.15) is 37.7 Å². The first kappa shape index (κ1) is 18.8. The Hall–Kier alpha value is -0.280. The van der Waals surface area contributed by atoms with Crippen molar-refractivity contribution in [1.29, 1.82) is 0 Å². The van der Waals surface area contributed by atoms with Gasteiger partial charge in [-0.2, -0.15) is 0 Å². The fraction of sp³-hybridized carbons (Fsp3) is 0.647. The maximum atomic E-state index is 6.08. The van der Waals surface area contributed by atoms with E-state index < -0.39 is 0 Å². The van der Waals surface area contributed by atoms with E-state index >= 15 is 0 Å². The molecular formula is C17H28Cl2N2. The number of rotatable bonds is 6. The normalized spacial score (nSPS) is 18.2. The molecule has 1 aromatic rings. The summed E-state index contributed by atoms with van der Waals surface area (Å²) >= 11 is 6.08. The molecule has 1 aromatic carbocycles. The van der Waals surface area contributed by atoms with Gasteiger partial charge in [-0.25, -0.2) is 0 Å². The summed E-state index contributed by atoms with van der Waals surface area (Å²) in [4.78, 5) is 2.61. The molecule has 1 fully saturated rings. The van der Waals surface area contributed by atoms with E-state index in [1.165, 1.54) is 37.9 Å². The average molecular weight is 331 g/mol. The first-order chi connectivity index (χ1) is 9.69. The van der Waals surface area contributed by atoms with Gasteiger partial charge in [0.25, 0.3) is 0 Å². The number of halogens is 2. The van der Waals surface area contributed by atoms with Gasteiger partial charge in [-0.05, 0) is 75.5 Å². The highest BCUT2D eigenvalue weighted by Gasteiger charge is 2.20. The van der Waals surface area contributed by atoms with Crippen LogP contribution in [0.5, 0.6) is 0 Å². The number of likely N-dealkylation sites (tertiary alicyclic amines) is 1. The van der Waals surface area contributed by atoms with Gasteiger partial charge >= 0.3 is 0 Å². The van der Waals surface area contributed by atoms with Crippen LogP contribution in [-0.2, 0) is 0 Å². The molecule has 0 aromatic heterocycles. The van der Waals surface area contributed by atoms with E-state index in [4.69, 9.17) is 11.6 Å². The van der Waals surface area contributed by atoms with E-state index in [-0.39, 0.29) is 12.4 Å². The SMILES string of the molecule is CNCCC1CCN(CC(C)c2cccc(Cl)c2)CC1.Cl. The molecule has 4 heteroatoms. The van der Waals surface area contributed by atoms with Crippen molar-refractivity contribution in [3.63, 3.8) is 0 Å². The molecule has 0 bridgehead atoms. The highest BCUT2D eigenvalue weighted by Crippen LogP contribution is 2.24. The van der Waals surface area contributed by atoms with Crippen molar-refractivity contribution >= 4 is 24.0 Å². The monoisotopic (exact) mass is 330 g/mol. The number of nitrogens with zero attached hydrogens (tertiary/aromatic N) is 1. The van der Waals surface area contributed by atoms with E-state index in [9.17, 15) is 0 Å². The Morgan fingerprint density at radius 2 is 2.05 bits per heavy atom. The van der Waals surface area contributed by atoms with Crippen molar-refractivity contribution in [2.24, 2.45) is 5.92 Å². The van der Waals surface area contributed by atoms with Gasteiger partial charge in [0.15, 0.2) is 0 Å². The summed E-state index contributed by atoms with van der Waals surface area (Å²) < 4.78 is 0. The lowest BCUT2D eigenvalue weighted by atomic mass is 9.92. The quantitative estimate of drug-likeness (QED) is 0.841. The molecule has 1 atom stereocenters. The van der Waals surface area contributed by atoms with Crippen LogP contribution >= 0.6 is 24.0 Å². The van der Waals surface area contributed by atoms with Gasteiger partial charge in [0.05, 0.1) is 0 Å². The predicted octanol–water partition coefficient (Wildman–Crippen LogP) is 4.19. The summed E-state index contributed by atoms with van der Waals surface area (Å²) in [5, 5.41) is 4.11. The van der Waals surface area contributed by atoms with Crippen LogP contribution in [0.3, 0.4) is 0 Å². The smallest absolute Gasteiger partial charge is 0.0408 e. The molecule has 0 radical (unpaired) electrons. The molecule has 0 saturated carbocycles. The minimum atomic E-state index is 0. The molecule has 1 saturated heterocycles. The van der Waals surface area contributed by atoms with Crippen LogP contribution in [0.4, 0.5) is 0 Å². The molecule has 2 rings (SSSR count). The van der Waals surface area contributed by atoms with Crippen LogP contribution in [-0.4, -0.2) is 38.1 Å². The molecule has 21 heavy (non-hydrogen) atoms. The van der Waals surface area contributed by atoms with Gasteiger partial charge in [0.2, 0.25) is 0 Å². The standard InChI is InChI=1S/C17H27ClN2.ClH/c1-14(16-4-3-5-17(18)12-16)13-20-10-7-15(8-11-20)6-9-19-2;/h3-5,12,14-15,19H,6-11,13H2,1-2H3;1H. The summed E-state index contributed by atoms with van der Waals surface area (Å²) in [6.45, 7) is 7.11. The summed E-state index contributed by atoms with van der Waals surface area (Å²) in [7, 11) is 2.04. The fourth-order valence-corrected chi connectivity index (χ4v) is 3.31. The highest BCUT2D eigenvalue weighted by atomic mass is 35.5. The second-order valence-corrected chi connectivity index (χ2v) is 6.53. The van der Waals surface area contributed by atoms with E-state index in [1.54, 1.807) is 0 Å². The molecule has 2 nitrogen and oxygen atoms in total. The van der Waals surface area contributed by atoms with Crippen LogP contribution in [0.25, 0.3) is 0 Å². The summed E-state index contributed by atoms with van der Waals surface area (Å²) in [6.07, 6.45) is 4.03. The molecule has 0 amide bonds. The van der Waals surface area contributed by atoms with E-state index in [0.717, 1.165) is 24.0 Å². The summed E-state index contributed by atoms with van der Waals surface area (Å²) in [6, 6.07) is 8.30. The first-order valence-corrected chi connectivity index (χ1v) is 8.19. The fourth-order valence-electron chi connectivity index (χ4n) is 3.11. The van der Waals surface area contributed by atoms with Crippen LogP contribution in [0.15, 0.2) is 24.3 Å². The highest BCUT2D eigenvalue weighted by molar-refractivity contribution is 6.30. The van der Waals surface area contributed by atoms with Crippen LogP contribution in [0.2, 0.25) is 5.02 Å².